The largest absolute Gasteiger partial charge is 0.548 e. The van der Waals surface area contributed by atoms with Gasteiger partial charge in [0.2, 0.25) is 5.91 Å². The van der Waals surface area contributed by atoms with Gasteiger partial charge in [-0.15, -0.1) is 0 Å². The Bertz CT molecular complexity index is 1500. The predicted molar refractivity (Wildman–Crippen MR) is 127 cm³/mol. The van der Waals surface area contributed by atoms with Crippen molar-refractivity contribution in [1.29, 1.82) is 0 Å². The second kappa shape index (κ2) is 9.54. The molecule has 3 N–H and O–H groups in total. The maximum absolute atomic E-state index is 12.6. The lowest BCUT2D eigenvalue weighted by Gasteiger charge is -2.19. The molecule has 0 saturated heterocycles. The minimum Gasteiger partial charge on any atom is -0.548 e. The number of carboxylic acids is 1. The summed E-state index contributed by atoms with van der Waals surface area (Å²) in [5.74, 6) is -1.32. The van der Waals surface area contributed by atoms with Crippen molar-refractivity contribution >= 4 is 33.7 Å². The van der Waals surface area contributed by atoms with Crippen LogP contribution in [0.5, 0.6) is 11.5 Å². The number of nitrogens with one attached hydrogen (secondary N) is 2. The van der Waals surface area contributed by atoms with E-state index in [-0.39, 0.29) is 25.0 Å². The highest BCUT2D eigenvalue weighted by Crippen LogP contribution is 2.29. The van der Waals surface area contributed by atoms with Crippen LogP contribution < -0.4 is 20.8 Å². The fraction of sp³-hybridized carbons (Fsp3) is 0.269. The van der Waals surface area contributed by atoms with Crippen LogP contribution >= 0.6 is 0 Å². The molecule has 1 atom stereocenters. The van der Waals surface area contributed by atoms with E-state index in [2.05, 4.69) is 10.3 Å². The van der Waals surface area contributed by atoms with E-state index in [1.54, 1.807) is 38.2 Å². The number of aromatic nitrogens is 1. The highest BCUT2D eigenvalue weighted by atomic mass is 16.5. The Kier molecular flexibility index (Phi) is 6.50. The van der Waals surface area contributed by atoms with Crippen LogP contribution in [0.15, 0.2) is 45.7 Å². The first-order chi connectivity index (χ1) is 16.7. The molecule has 35 heavy (non-hydrogen) atoms. The minimum atomic E-state index is -1.43. The van der Waals surface area contributed by atoms with Gasteiger partial charge in [0, 0.05) is 46.5 Å². The van der Waals surface area contributed by atoms with Crippen LogP contribution in [0, 0.1) is 13.8 Å². The second-order valence-corrected chi connectivity index (χ2v) is 8.45. The van der Waals surface area contributed by atoms with Crippen molar-refractivity contribution in [1.82, 2.24) is 10.3 Å². The monoisotopic (exact) mass is 477 g/mol. The molecule has 0 unspecified atom stereocenters. The lowest BCUT2D eigenvalue weighted by atomic mass is 10.00. The number of aromatic amines is 1. The van der Waals surface area contributed by atoms with Crippen molar-refractivity contribution in [3.05, 3.63) is 69.2 Å². The average Bonchev–Trinajstić information content (AvgIpc) is 3.21. The first-order valence-electron chi connectivity index (χ1n) is 11.1. The molecule has 1 amide bonds. The van der Waals surface area contributed by atoms with E-state index in [1.807, 2.05) is 0 Å². The lowest BCUT2D eigenvalue weighted by Crippen LogP contribution is -2.49. The van der Waals surface area contributed by atoms with Crippen LogP contribution in [-0.4, -0.2) is 35.1 Å². The molecule has 0 bridgehead atoms. The first kappa shape index (κ1) is 23.9. The fourth-order valence-electron chi connectivity index (χ4n) is 4.33. The van der Waals surface area contributed by atoms with E-state index >= 15 is 0 Å². The Morgan fingerprint density at radius 3 is 2.66 bits per heavy atom. The van der Waals surface area contributed by atoms with E-state index in [0.29, 0.717) is 39.0 Å². The third-order valence-corrected chi connectivity index (χ3v) is 6.27. The number of rotatable bonds is 8. The molecule has 0 aliphatic heterocycles. The standard InChI is InChI=1S/C26H26N2O7/c1-13-17-5-8-22(34-3)14(2)24(17)35-26(33)18(13)6-9-23(30)28-21(25(31)32)10-15-12-27-20-7-4-16(29)11-19(15)20/h4-5,7-8,11-12,21,27,29H,6,9-10H2,1-3H3,(H,28,30)(H,31,32)/p-1/t21-/m0/s1. The van der Waals surface area contributed by atoms with E-state index < -0.39 is 23.5 Å². The molecule has 0 saturated carbocycles. The molecule has 182 valence electrons. The number of carboxylic acid groups (broad SMARTS) is 1. The number of carbonyl (C=O) groups is 2. The number of aryl methyl sites for hydroxylation is 2. The Hall–Kier alpha value is -4.27. The van der Waals surface area contributed by atoms with Gasteiger partial charge in [-0.3, -0.25) is 4.79 Å². The molecular weight excluding hydrogens is 452 g/mol. The molecule has 2 heterocycles. The molecule has 2 aromatic heterocycles. The summed E-state index contributed by atoms with van der Waals surface area (Å²) in [5.41, 5.74) is 2.99. The highest BCUT2D eigenvalue weighted by molar-refractivity contribution is 5.88. The van der Waals surface area contributed by atoms with Crippen LogP contribution in [0.25, 0.3) is 21.9 Å². The summed E-state index contributed by atoms with van der Waals surface area (Å²) in [6, 6.07) is 7.02. The van der Waals surface area contributed by atoms with Gasteiger partial charge in [-0.05, 0) is 61.7 Å². The summed E-state index contributed by atoms with van der Waals surface area (Å²) in [6.45, 7) is 3.58. The molecule has 9 nitrogen and oxygen atoms in total. The van der Waals surface area contributed by atoms with E-state index in [0.717, 1.165) is 10.9 Å². The topological polar surface area (TPSA) is 145 Å². The summed E-state index contributed by atoms with van der Waals surface area (Å²) >= 11 is 0. The number of phenolic OH excluding ortho intramolecular Hbond substituents is 1. The van der Waals surface area contributed by atoms with Gasteiger partial charge in [-0.25, -0.2) is 4.79 Å². The molecule has 0 spiro atoms. The first-order valence-corrected chi connectivity index (χ1v) is 11.1. The van der Waals surface area contributed by atoms with E-state index in [9.17, 15) is 24.6 Å². The van der Waals surface area contributed by atoms with Crippen LogP contribution in [0.2, 0.25) is 0 Å². The van der Waals surface area contributed by atoms with Gasteiger partial charge in [0.05, 0.1) is 19.1 Å². The smallest absolute Gasteiger partial charge is 0.339 e. The van der Waals surface area contributed by atoms with Crippen LogP contribution in [0.4, 0.5) is 0 Å². The molecule has 0 aliphatic carbocycles. The number of aliphatic carboxylic acids is 1. The molecule has 0 radical (unpaired) electrons. The van der Waals surface area contributed by atoms with Gasteiger partial charge in [0.1, 0.15) is 17.1 Å². The van der Waals surface area contributed by atoms with Gasteiger partial charge < -0.3 is 34.5 Å². The van der Waals surface area contributed by atoms with Crippen molar-refractivity contribution in [3.8, 4) is 11.5 Å². The number of phenols is 1. The van der Waals surface area contributed by atoms with Gasteiger partial charge in [-0.1, -0.05) is 0 Å². The third-order valence-electron chi connectivity index (χ3n) is 6.27. The predicted octanol–water partition coefficient (Wildman–Crippen LogP) is 2.02. The lowest BCUT2D eigenvalue weighted by molar-refractivity contribution is -0.308. The highest BCUT2D eigenvalue weighted by Gasteiger charge is 2.19. The zero-order valence-electron chi connectivity index (χ0n) is 19.6. The van der Waals surface area contributed by atoms with E-state index in [1.165, 1.54) is 19.2 Å². The Morgan fingerprint density at radius 1 is 1.17 bits per heavy atom. The molecule has 4 rings (SSSR count). The normalized spacial score (nSPS) is 12.1. The summed E-state index contributed by atoms with van der Waals surface area (Å²) in [5, 5.41) is 25.3. The maximum atomic E-state index is 12.6. The van der Waals surface area contributed by atoms with Crippen LogP contribution in [0.3, 0.4) is 0 Å². The van der Waals surface area contributed by atoms with Crippen molar-refractivity contribution in [2.24, 2.45) is 0 Å². The van der Waals surface area contributed by atoms with E-state index in [4.69, 9.17) is 9.15 Å². The number of ether oxygens (including phenoxy) is 1. The quantitative estimate of drug-likeness (QED) is 0.329. The summed E-state index contributed by atoms with van der Waals surface area (Å²) in [4.78, 5) is 40.0. The van der Waals surface area contributed by atoms with Crippen LogP contribution in [0.1, 0.15) is 28.7 Å². The van der Waals surface area contributed by atoms with Gasteiger partial charge in [0.25, 0.3) is 0 Å². The number of amides is 1. The Labute approximate surface area is 200 Å². The molecule has 0 fully saturated rings. The SMILES string of the molecule is COc1ccc2c(C)c(CCC(=O)N[C@@H](Cc3c[nH]c4ccc(O)cc34)C(=O)[O-])c(=O)oc2c1C. The van der Waals surface area contributed by atoms with Gasteiger partial charge in [-0.2, -0.15) is 0 Å². The number of fused-ring (bicyclic) bond motifs is 2. The fourth-order valence-corrected chi connectivity index (χ4v) is 4.33. The average molecular weight is 477 g/mol. The molecule has 2 aromatic carbocycles. The van der Waals surface area contributed by atoms with Crippen LogP contribution in [-0.2, 0) is 22.4 Å². The minimum absolute atomic E-state index is 0.0320. The second-order valence-electron chi connectivity index (χ2n) is 8.45. The number of carbonyl (C=O) groups excluding carboxylic acids is 2. The Morgan fingerprint density at radius 2 is 1.94 bits per heavy atom. The maximum Gasteiger partial charge on any atom is 0.339 e. The van der Waals surface area contributed by atoms with Gasteiger partial charge in [0.15, 0.2) is 0 Å². The number of hydrogen-bond donors (Lipinski definition) is 3. The number of hydrogen-bond acceptors (Lipinski definition) is 7. The summed E-state index contributed by atoms with van der Waals surface area (Å²) < 4.78 is 10.8. The molecule has 9 heteroatoms. The van der Waals surface area contributed by atoms with Gasteiger partial charge >= 0.3 is 5.63 Å². The molecule has 4 aromatic rings. The zero-order chi connectivity index (χ0) is 25.3. The number of methoxy groups -OCH3 is 1. The number of aromatic hydroxyl groups is 1. The number of H-pyrrole nitrogens is 1. The van der Waals surface area contributed by atoms with Crippen molar-refractivity contribution in [2.45, 2.75) is 39.2 Å². The summed E-state index contributed by atoms with van der Waals surface area (Å²) in [6.07, 6.45) is 1.58. The van der Waals surface area contributed by atoms with Crippen molar-refractivity contribution in [2.75, 3.05) is 7.11 Å². The summed E-state index contributed by atoms with van der Waals surface area (Å²) in [7, 11) is 1.54. The third kappa shape index (κ3) is 4.70. The number of benzene rings is 2. The Balaban J connectivity index is 1.49. The van der Waals surface area contributed by atoms with Crippen molar-refractivity contribution < 1.29 is 29.0 Å². The molecular formula is C26H25N2O7-. The van der Waals surface area contributed by atoms with Crippen molar-refractivity contribution in [3.63, 3.8) is 0 Å². The zero-order valence-corrected chi connectivity index (χ0v) is 19.6. The molecule has 0 aliphatic rings.